The van der Waals surface area contributed by atoms with Gasteiger partial charge in [-0.15, -0.1) is 0 Å². The number of hydrogen-bond donors (Lipinski definition) is 3. The second kappa shape index (κ2) is 13.9. The number of rotatable bonds is 13. The summed E-state index contributed by atoms with van der Waals surface area (Å²) >= 11 is 0. The van der Waals surface area contributed by atoms with Crippen LogP contribution in [0.5, 0.6) is 0 Å². The van der Waals surface area contributed by atoms with E-state index in [2.05, 4.69) is 28.0 Å². The highest BCUT2D eigenvalue weighted by atomic mass is 32.2. The van der Waals surface area contributed by atoms with Crippen molar-refractivity contribution in [2.75, 3.05) is 17.8 Å². The van der Waals surface area contributed by atoms with Gasteiger partial charge >= 0.3 is 0 Å². The molecule has 0 spiro atoms. The zero-order valence-electron chi connectivity index (χ0n) is 26.2. The molecule has 5 rings (SSSR count). The standard InChI is InChI=1S/C35H46N6O2S/c1-4-22-41(23-5-2)29-18-15-26(16-19-29)30-8-6-7-9-33(30)44(42,43)39-28-17-20-32-31(24-28)38-34(40(32)3)21-12-25-10-13-27(14-11-25)35(36)37/h6-11,13-14,17,20,24,26,29,39H,4-5,12,15-16,18-19,21-23H2,1-3H3,(H3,36,37). The highest BCUT2D eigenvalue weighted by Gasteiger charge is 2.30. The summed E-state index contributed by atoms with van der Waals surface area (Å²) in [5.74, 6) is 1.22. The molecule has 44 heavy (non-hydrogen) atoms. The first-order valence-electron chi connectivity index (χ1n) is 15.9. The maximum Gasteiger partial charge on any atom is 0.262 e. The van der Waals surface area contributed by atoms with Crippen molar-refractivity contribution in [2.24, 2.45) is 12.8 Å². The number of hydrogen-bond acceptors (Lipinski definition) is 5. The van der Waals surface area contributed by atoms with E-state index in [9.17, 15) is 8.42 Å². The first kappa shape index (κ1) is 31.7. The summed E-state index contributed by atoms with van der Waals surface area (Å²) in [6.45, 7) is 6.75. The van der Waals surface area contributed by atoms with Crippen LogP contribution < -0.4 is 10.5 Å². The van der Waals surface area contributed by atoms with Crippen molar-refractivity contribution in [1.29, 1.82) is 5.41 Å². The van der Waals surface area contributed by atoms with Crippen molar-refractivity contribution >= 4 is 32.6 Å². The molecule has 1 saturated carbocycles. The number of nitrogens with one attached hydrogen (secondary N) is 2. The fourth-order valence-electron chi connectivity index (χ4n) is 6.72. The average molecular weight is 615 g/mol. The molecule has 9 heteroatoms. The minimum atomic E-state index is -3.79. The Hall–Kier alpha value is -3.69. The van der Waals surface area contributed by atoms with Crippen LogP contribution >= 0.6 is 0 Å². The average Bonchev–Trinajstić information content (AvgIpc) is 3.34. The highest BCUT2D eigenvalue weighted by Crippen LogP contribution is 2.38. The molecule has 0 unspecified atom stereocenters. The molecule has 0 saturated heterocycles. The molecule has 3 aromatic carbocycles. The van der Waals surface area contributed by atoms with Crippen LogP contribution in [0.4, 0.5) is 5.69 Å². The summed E-state index contributed by atoms with van der Waals surface area (Å²) in [7, 11) is -1.80. The molecule has 0 bridgehead atoms. The van der Waals surface area contributed by atoms with E-state index in [0.717, 1.165) is 92.4 Å². The van der Waals surface area contributed by atoms with Gasteiger partial charge < -0.3 is 15.2 Å². The molecular formula is C35H46N6O2S. The van der Waals surface area contributed by atoms with Crippen LogP contribution in [0.15, 0.2) is 71.6 Å². The number of amidine groups is 1. The summed E-state index contributed by atoms with van der Waals surface area (Å²) in [5.41, 5.74) is 10.6. The quantitative estimate of drug-likeness (QED) is 0.116. The third-order valence-electron chi connectivity index (χ3n) is 9.01. The lowest BCUT2D eigenvalue weighted by atomic mass is 9.81. The number of aromatic nitrogens is 2. The number of anilines is 1. The van der Waals surface area contributed by atoms with Crippen LogP contribution in [-0.4, -0.2) is 47.8 Å². The van der Waals surface area contributed by atoms with Gasteiger partial charge in [-0.1, -0.05) is 56.3 Å². The fourth-order valence-corrected chi connectivity index (χ4v) is 8.07. The van der Waals surface area contributed by atoms with Crippen molar-refractivity contribution in [1.82, 2.24) is 14.5 Å². The maximum atomic E-state index is 13.8. The van der Waals surface area contributed by atoms with Crippen molar-refractivity contribution in [3.8, 4) is 0 Å². The number of benzene rings is 3. The topological polar surface area (TPSA) is 117 Å². The van der Waals surface area contributed by atoms with Crippen molar-refractivity contribution in [3.63, 3.8) is 0 Å². The second-order valence-electron chi connectivity index (χ2n) is 12.1. The smallest absolute Gasteiger partial charge is 0.262 e. The van der Waals surface area contributed by atoms with Crippen molar-refractivity contribution in [3.05, 3.63) is 89.2 Å². The molecule has 0 aliphatic heterocycles. The molecule has 1 aromatic heterocycles. The minimum absolute atomic E-state index is 0.0608. The van der Waals surface area contributed by atoms with Crippen molar-refractivity contribution < 1.29 is 8.42 Å². The van der Waals surface area contributed by atoms with Gasteiger partial charge in [0.15, 0.2) is 0 Å². The van der Waals surface area contributed by atoms with Crippen molar-refractivity contribution in [2.45, 2.75) is 82.1 Å². The molecule has 0 atom stereocenters. The van der Waals surface area contributed by atoms with Gasteiger partial charge in [-0.2, -0.15) is 0 Å². The largest absolute Gasteiger partial charge is 0.384 e. The van der Waals surface area contributed by atoms with Gasteiger partial charge in [-0.25, -0.2) is 13.4 Å². The zero-order chi connectivity index (χ0) is 31.3. The van der Waals surface area contributed by atoms with Crippen LogP contribution in [0.25, 0.3) is 11.0 Å². The minimum Gasteiger partial charge on any atom is -0.384 e. The van der Waals surface area contributed by atoms with Gasteiger partial charge in [0.25, 0.3) is 10.0 Å². The Morgan fingerprint density at radius 3 is 2.32 bits per heavy atom. The Bertz CT molecular complexity index is 1680. The van der Waals surface area contributed by atoms with E-state index < -0.39 is 10.0 Å². The van der Waals surface area contributed by atoms with Gasteiger partial charge in [0, 0.05) is 25.1 Å². The number of nitrogen functional groups attached to an aromatic ring is 1. The fraction of sp³-hybridized carbons (Fsp3) is 0.429. The lowest BCUT2D eigenvalue weighted by Crippen LogP contribution is -2.39. The van der Waals surface area contributed by atoms with E-state index in [1.54, 1.807) is 6.07 Å². The summed E-state index contributed by atoms with van der Waals surface area (Å²) in [6, 6.07) is 21.4. The maximum absolute atomic E-state index is 13.8. The molecule has 8 nitrogen and oxygen atoms in total. The third kappa shape index (κ3) is 7.16. The number of imidazole rings is 1. The molecule has 4 aromatic rings. The van der Waals surface area contributed by atoms with E-state index in [0.29, 0.717) is 22.2 Å². The van der Waals surface area contributed by atoms with E-state index in [1.807, 2.05) is 67.7 Å². The summed E-state index contributed by atoms with van der Waals surface area (Å²) < 4.78 is 32.5. The van der Waals surface area contributed by atoms with Crippen LogP contribution in [0.1, 0.15) is 80.8 Å². The Morgan fingerprint density at radius 1 is 0.977 bits per heavy atom. The lowest BCUT2D eigenvalue weighted by molar-refractivity contribution is 0.149. The van der Waals surface area contributed by atoms with Gasteiger partial charge in [-0.3, -0.25) is 10.1 Å². The number of fused-ring (bicyclic) bond motifs is 1. The molecule has 1 heterocycles. The first-order valence-corrected chi connectivity index (χ1v) is 17.4. The molecular weight excluding hydrogens is 568 g/mol. The molecule has 1 fully saturated rings. The SMILES string of the molecule is CCCN(CCC)C1CCC(c2ccccc2S(=O)(=O)Nc2ccc3c(c2)nc(CCc2ccc(C(=N)N)cc2)n3C)CC1. The number of nitrogens with two attached hydrogens (primary N) is 1. The van der Waals surface area contributed by atoms with Gasteiger partial charge in [0.1, 0.15) is 11.7 Å². The van der Waals surface area contributed by atoms with E-state index >= 15 is 0 Å². The van der Waals surface area contributed by atoms with E-state index in [1.165, 1.54) is 0 Å². The van der Waals surface area contributed by atoms with Crippen LogP contribution in [-0.2, 0) is 29.9 Å². The Kier molecular flexibility index (Phi) is 10.1. The molecule has 4 N–H and O–H groups in total. The monoisotopic (exact) mass is 614 g/mol. The molecule has 0 radical (unpaired) electrons. The Balaban J connectivity index is 1.29. The number of sulfonamides is 1. The predicted molar refractivity (Wildman–Crippen MR) is 180 cm³/mol. The Morgan fingerprint density at radius 2 is 1.66 bits per heavy atom. The van der Waals surface area contributed by atoms with Crippen LogP contribution in [0.3, 0.4) is 0 Å². The summed E-state index contributed by atoms with van der Waals surface area (Å²) in [5, 5.41) is 7.57. The third-order valence-corrected chi connectivity index (χ3v) is 10.5. The first-order chi connectivity index (χ1) is 21.2. The second-order valence-corrected chi connectivity index (χ2v) is 13.7. The normalized spacial score (nSPS) is 17.3. The molecule has 1 aliphatic rings. The van der Waals surface area contributed by atoms with Gasteiger partial charge in [-0.05, 0) is 99.3 Å². The molecule has 0 amide bonds. The summed E-state index contributed by atoms with van der Waals surface area (Å²) in [4.78, 5) is 7.85. The zero-order valence-corrected chi connectivity index (χ0v) is 27.0. The highest BCUT2D eigenvalue weighted by molar-refractivity contribution is 7.92. The lowest BCUT2D eigenvalue weighted by Gasteiger charge is -2.37. The van der Waals surface area contributed by atoms with Gasteiger partial charge in [0.2, 0.25) is 0 Å². The number of aryl methyl sites for hydroxylation is 3. The molecule has 234 valence electrons. The van der Waals surface area contributed by atoms with Crippen LogP contribution in [0, 0.1) is 5.41 Å². The van der Waals surface area contributed by atoms with E-state index in [4.69, 9.17) is 16.1 Å². The van der Waals surface area contributed by atoms with Gasteiger partial charge in [0.05, 0.1) is 21.6 Å². The Labute approximate surface area is 262 Å². The predicted octanol–water partition coefficient (Wildman–Crippen LogP) is 6.59. The number of nitrogens with zero attached hydrogens (tertiary/aromatic N) is 3. The molecule has 1 aliphatic carbocycles. The van der Waals surface area contributed by atoms with Crippen LogP contribution in [0.2, 0.25) is 0 Å². The summed E-state index contributed by atoms with van der Waals surface area (Å²) in [6.07, 6.45) is 8.07. The van der Waals surface area contributed by atoms with E-state index in [-0.39, 0.29) is 11.8 Å².